The lowest BCUT2D eigenvalue weighted by atomic mass is 10.0. The zero-order valence-corrected chi connectivity index (χ0v) is 12.8. The Bertz CT molecular complexity index is 452. The van der Waals surface area contributed by atoms with Crippen molar-refractivity contribution in [3.8, 4) is 0 Å². The van der Waals surface area contributed by atoms with Gasteiger partial charge in [-0.25, -0.2) is 0 Å². The van der Waals surface area contributed by atoms with Gasteiger partial charge in [-0.05, 0) is 30.5 Å². The number of carbonyl (C=O) groups is 1. The van der Waals surface area contributed by atoms with E-state index in [1.54, 1.807) is 0 Å². The maximum Gasteiger partial charge on any atom is 0.241 e. The first kappa shape index (κ1) is 15.0. The lowest BCUT2D eigenvalue weighted by molar-refractivity contribution is -0.127. The summed E-state index contributed by atoms with van der Waals surface area (Å²) in [5.41, 5.74) is 1.03. The zero-order chi connectivity index (χ0) is 13.8. The highest BCUT2D eigenvalue weighted by Gasteiger charge is 2.38. The molecule has 0 radical (unpaired) electrons. The van der Waals surface area contributed by atoms with Crippen LogP contribution < -0.4 is 0 Å². The molecule has 0 bridgehead atoms. The number of hydrogen-bond donors (Lipinski definition) is 0. The molecule has 1 amide bonds. The van der Waals surface area contributed by atoms with Crippen LogP contribution in [0, 0.1) is 5.92 Å². The maximum absolute atomic E-state index is 12.1. The second kappa shape index (κ2) is 6.83. The van der Waals surface area contributed by atoms with Gasteiger partial charge in [-0.1, -0.05) is 23.7 Å². The summed E-state index contributed by atoms with van der Waals surface area (Å²) in [5.74, 6) is 0.830. The number of likely N-dealkylation sites (tertiary alicyclic amines) is 1. The van der Waals surface area contributed by atoms with Crippen LogP contribution in [0.1, 0.15) is 18.4 Å². The quantitative estimate of drug-likeness (QED) is 0.753. The molecule has 5 heteroatoms. The first-order valence-electron chi connectivity index (χ1n) is 6.35. The number of amides is 1. The minimum absolute atomic E-state index is 0.0150. The summed E-state index contributed by atoms with van der Waals surface area (Å²) in [6.07, 6.45) is 1.79. The number of halogens is 3. The van der Waals surface area contributed by atoms with Crippen molar-refractivity contribution < 1.29 is 4.79 Å². The Labute approximate surface area is 128 Å². The van der Waals surface area contributed by atoms with E-state index >= 15 is 0 Å². The summed E-state index contributed by atoms with van der Waals surface area (Å²) in [6.45, 7) is 1.27. The third kappa shape index (κ3) is 3.77. The number of nitrogens with zero attached hydrogens (tertiary/aromatic N) is 1. The van der Waals surface area contributed by atoms with Crippen LogP contribution in [-0.2, 0) is 11.3 Å². The van der Waals surface area contributed by atoms with Crippen molar-refractivity contribution in [2.75, 3.05) is 12.4 Å². The van der Waals surface area contributed by atoms with E-state index in [2.05, 4.69) is 0 Å². The molecule has 0 aliphatic carbocycles. The zero-order valence-electron chi connectivity index (χ0n) is 10.5. The molecule has 1 aliphatic heterocycles. The van der Waals surface area contributed by atoms with Crippen LogP contribution in [0.2, 0.25) is 5.02 Å². The Hall–Kier alpha value is -0.440. The third-order valence-corrected chi connectivity index (χ3v) is 4.43. The summed E-state index contributed by atoms with van der Waals surface area (Å²) in [6, 6.07) is 7.56. The summed E-state index contributed by atoms with van der Waals surface area (Å²) in [7, 11) is 0. The molecule has 1 fully saturated rings. The molecule has 2 rings (SSSR count). The molecule has 1 heterocycles. The lowest BCUT2D eigenvalue weighted by Crippen LogP contribution is -2.27. The smallest absolute Gasteiger partial charge is 0.241 e. The maximum atomic E-state index is 12.1. The molecule has 2 unspecified atom stereocenters. The van der Waals surface area contributed by atoms with Gasteiger partial charge in [-0.3, -0.25) is 4.79 Å². The van der Waals surface area contributed by atoms with Gasteiger partial charge in [0.2, 0.25) is 5.91 Å². The molecule has 19 heavy (non-hydrogen) atoms. The van der Waals surface area contributed by atoms with E-state index in [1.165, 1.54) is 0 Å². The van der Waals surface area contributed by atoms with Crippen molar-refractivity contribution in [1.82, 2.24) is 4.90 Å². The van der Waals surface area contributed by atoms with E-state index in [4.69, 9.17) is 34.8 Å². The summed E-state index contributed by atoms with van der Waals surface area (Å²) in [4.78, 5) is 13.9. The molecule has 2 atom stereocenters. The molecule has 0 N–H and O–H groups in total. The molecule has 0 aromatic heterocycles. The number of benzene rings is 1. The predicted octanol–water partition coefficient (Wildman–Crippen LogP) is 3.92. The fraction of sp³-hybridized carbons (Fsp3) is 0.500. The van der Waals surface area contributed by atoms with Gasteiger partial charge in [-0.15, -0.1) is 23.2 Å². The summed E-state index contributed by atoms with van der Waals surface area (Å²) in [5, 5.41) is 0.271. The van der Waals surface area contributed by atoms with Gasteiger partial charge in [0.05, 0.1) is 0 Å². The average molecular weight is 321 g/mol. The van der Waals surface area contributed by atoms with Crippen molar-refractivity contribution in [2.45, 2.75) is 24.8 Å². The van der Waals surface area contributed by atoms with Crippen LogP contribution >= 0.6 is 34.8 Å². The van der Waals surface area contributed by atoms with Crippen molar-refractivity contribution >= 4 is 40.7 Å². The highest BCUT2D eigenvalue weighted by atomic mass is 35.5. The number of rotatable bonds is 5. The second-order valence-electron chi connectivity index (χ2n) is 4.84. The number of alkyl halides is 2. The molecular weight excluding hydrogens is 305 g/mol. The summed E-state index contributed by atoms with van der Waals surface area (Å²) < 4.78 is 0. The third-order valence-electron chi connectivity index (χ3n) is 3.39. The highest BCUT2D eigenvalue weighted by molar-refractivity contribution is 6.31. The van der Waals surface area contributed by atoms with E-state index in [-0.39, 0.29) is 11.8 Å². The van der Waals surface area contributed by atoms with E-state index in [9.17, 15) is 4.79 Å². The van der Waals surface area contributed by atoms with Crippen molar-refractivity contribution in [3.05, 3.63) is 34.9 Å². The fourth-order valence-electron chi connectivity index (χ4n) is 2.42. The van der Waals surface area contributed by atoms with E-state index in [0.717, 1.165) is 18.4 Å². The van der Waals surface area contributed by atoms with Gasteiger partial charge in [0.25, 0.3) is 0 Å². The van der Waals surface area contributed by atoms with Crippen molar-refractivity contribution in [3.63, 3.8) is 0 Å². The molecule has 2 nitrogen and oxygen atoms in total. The minimum atomic E-state index is -0.414. The second-order valence-corrected chi connectivity index (χ2v) is 6.13. The van der Waals surface area contributed by atoms with E-state index in [1.807, 2.05) is 29.2 Å². The molecule has 1 aromatic rings. The van der Waals surface area contributed by atoms with Gasteiger partial charge < -0.3 is 4.90 Å². The van der Waals surface area contributed by atoms with Crippen molar-refractivity contribution in [1.29, 1.82) is 0 Å². The van der Waals surface area contributed by atoms with Crippen LogP contribution in [0.3, 0.4) is 0 Å². The van der Waals surface area contributed by atoms with Gasteiger partial charge >= 0.3 is 0 Å². The molecule has 1 saturated heterocycles. The van der Waals surface area contributed by atoms with Crippen LogP contribution in [0.5, 0.6) is 0 Å². The highest BCUT2D eigenvalue weighted by Crippen LogP contribution is 2.29. The summed E-state index contributed by atoms with van der Waals surface area (Å²) >= 11 is 17.8. The Kier molecular flexibility index (Phi) is 5.37. The van der Waals surface area contributed by atoms with E-state index < -0.39 is 5.38 Å². The molecule has 0 spiro atoms. The van der Waals surface area contributed by atoms with Crippen LogP contribution in [0.25, 0.3) is 0 Å². The largest absolute Gasteiger partial charge is 0.337 e. The first-order chi connectivity index (χ1) is 9.11. The van der Waals surface area contributed by atoms with Gasteiger partial charge in [0.1, 0.15) is 5.38 Å². The van der Waals surface area contributed by atoms with Gasteiger partial charge in [0, 0.05) is 29.9 Å². The molecule has 1 aromatic carbocycles. The van der Waals surface area contributed by atoms with Gasteiger partial charge in [-0.2, -0.15) is 0 Å². The van der Waals surface area contributed by atoms with Crippen molar-refractivity contribution in [2.24, 2.45) is 5.92 Å². The van der Waals surface area contributed by atoms with E-state index in [0.29, 0.717) is 24.0 Å². The lowest BCUT2D eigenvalue weighted by Gasteiger charge is -2.16. The van der Waals surface area contributed by atoms with Crippen LogP contribution in [-0.4, -0.2) is 28.6 Å². The Balaban J connectivity index is 1.99. The standard InChI is InChI=1S/C14H16Cl3NO/c15-6-2-4-11-9-18(14(19)13(11)17)8-10-3-1-5-12(16)7-10/h1,3,5,7,11,13H,2,4,6,8-9H2. The monoisotopic (exact) mass is 319 g/mol. The average Bonchev–Trinajstić information content (AvgIpc) is 2.65. The molecular formula is C14H16Cl3NO. The molecule has 0 saturated carbocycles. The number of hydrogen-bond acceptors (Lipinski definition) is 1. The predicted molar refractivity (Wildman–Crippen MR) is 80.0 cm³/mol. The SMILES string of the molecule is O=C1C(Cl)C(CCCCl)CN1Cc1cccc(Cl)c1. The Morgan fingerprint density at radius 3 is 2.84 bits per heavy atom. The topological polar surface area (TPSA) is 20.3 Å². The normalized spacial score (nSPS) is 23.1. The Morgan fingerprint density at radius 2 is 2.16 bits per heavy atom. The van der Waals surface area contributed by atoms with Crippen LogP contribution in [0.15, 0.2) is 24.3 Å². The molecule has 1 aliphatic rings. The first-order valence-corrected chi connectivity index (χ1v) is 7.70. The van der Waals surface area contributed by atoms with Crippen LogP contribution in [0.4, 0.5) is 0 Å². The molecule has 104 valence electrons. The minimum Gasteiger partial charge on any atom is -0.337 e. The fourth-order valence-corrected chi connectivity index (χ4v) is 3.13. The number of carbonyl (C=O) groups excluding carboxylic acids is 1. The Morgan fingerprint density at radius 1 is 1.37 bits per heavy atom. The van der Waals surface area contributed by atoms with Gasteiger partial charge in [0.15, 0.2) is 0 Å².